The number of aliphatic hydroxyl groups excluding tert-OH is 1. The second-order valence-electron chi connectivity index (χ2n) is 3.90. The van der Waals surface area contributed by atoms with Crippen molar-refractivity contribution in [1.82, 2.24) is 4.90 Å². The van der Waals surface area contributed by atoms with Crippen molar-refractivity contribution in [2.24, 2.45) is 0 Å². The van der Waals surface area contributed by atoms with Gasteiger partial charge in [-0.15, -0.1) is 11.3 Å². The molecular formula is C14H13NO3S. The van der Waals surface area contributed by atoms with E-state index in [2.05, 4.69) is 11.8 Å². The molecule has 2 heterocycles. The average Bonchev–Trinajstić information content (AvgIpc) is 3.06. The molecule has 0 unspecified atom stereocenters. The molecule has 0 fully saturated rings. The lowest BCUT2D eigenvalue weighted by Crippen LogP contribution is -2.25. The SMILES string of the molecule is CN(Cc1ccco1)C(=O)c1csc(C#CCO)c1. The average molecular weight is 275 g/mol. The first-order valence-corrected chi connectivity index (χ1v) is 6.55. The van der Waals surface area contributed by atoms with E-state index in [-0.39, 0.29) is 12.5 Å². The van der Waals surface area contributed by atoms with Gasteiger partial charge in [-0.1, -0.05) is 11.8 Å². The molecule has 1 amide bonds. The lowest BCUT2D eigenvalue weighted by atomic mass is 10.2. The van der Waals surface area contributed by atoms with Crippen LogP contribution in [-0.4, -0.2) is 29.6 Å². The highest BCUT2D eigenvalue weighted by Crippen LogP contribution is 2.16. The predicted molar refractivity (Wildman–Crippen MR) is 72.8 cm³/mol. The van der Waals surface area contributed by atoms with E-state index in [0.717, 1.165) is 10.6 Å². The number of hydrogen-bond donors (Lipinski definition) is 1. The zero-order valence-electron chi connectivity index (χ0n) is 10.4. The monoisotopic (exact) mass is 275 g/mol. The molecule has 19 heavy (non-hydrogen) atoms. The number of thiophene rings is 1. The molecule has 0 aliphatic carbocycles. The van der Waals surface area contributed by atoms with Gasteiger partial charge in [0.1, 0.15) is 12.4 Å². The normalized spacial score (nSPS) is 9.79. The van der Waals surface area contributed by atoms with E-state index in [9.17, 15) is 4.79 Å². The standard InChI is InChI=1S/C14H13NO3S/c1-15(9-12-4-3-7-18-12)14(17)11-8-13(19-10-11)5-2-6-16/h3-4,7-8,10,16H,6,9H2,1H3. The van der Waals surface area contributed by atoms with Crippen molar-refractivity contribution in [3.05, 3.63) is 46.0 Å². The molecule has 0 aliphatic heterocycles. The summed E-state index contributed by atoms with van der Waals surface area (Å²) in [5.41, 5.74) is 0.598. The first kappa shape index (κ1) is 13.4. The van der Waals surface area contributed by atoms with E-state index in [4.69, 9.17) is 9.52 Å². The van der Waals surface area contributed by atoms with Crippen molar-refractivity contribution in [3.8, 4) is 11.8 Å². The molecule has 0 saturated heterocycles. The number of nitrogens with zero attached hydrogens (tertiary/aromatic N) is 1. The van der Waals surface area contributed by atoms with Gasteiger partial charge in [0.25, 0.3) is 5.91 Å². The first-order valence-electron chi connectivity index (χ1n) is 5.67. The molecule has 0 bridgehead atoms. The van der Waals surface area contributed by atoms with Gasteiger partial charge in [-0.05, 0) is 18.2 Å². The van der Waals surface area contributed by atoms with Crippen molar-refractivity contribution in [1.29, 1.82) is 0 Å². The third kappa shape index (κ3) is 3.47. The fraction of sp³-hybridized carbons (Fsp3) is 0.214. The second kappa shape index (κ2) is 6.23. The van der Waals surface area contributed by atoms with Gasteiger partial charge in [0.2, 0.25) is 0 Å². The summed E-state index contributed by atoms with van der Waals surface area (Å²) in [5, 5.41) is 10.4. The maximum atomic E-state index is 12.2. The van der Waals surface area contributed by atoms with Gasteiger partial charge in [-0.3, -0.25) is 4.79 Å². The van der Waals surface area contributed by atoms with Crippen LogP contribution in [0.2, 0.25) is 0 Å². The fourth-order valence-corrected chi connectivity index (χ4v) is 2.32. The number of carbonyl (C=O) groups excluding carboxylic acids is 1. The number of amides is 1. The van der Waals surface area contributed by atoms with E-state index >= 15 is 0 Å². The molecule has 98 valence electrons. The molecule has 0 aromatic carbocycles. The fourth-order valence-electron chi connectivity index (χ4n) is 1.57. The Morgan fingerprint density at radius 1 is 1.58 bits per heavy atom. The van der Waals surface area contributed by atoms with Gasteiger partial charge in [-0.25, -0.2) is 0 Å². The maximum Gasteiger partial charge on any atom is 0.254 e. The molecular weight excluding hydrogens is 262 g/mol. The second-order valence-corrected chi connectivity index (χ2v) is 4.81. The summed E-state index contributed by atoms with van der Waals surface area (Å²) in [6, 6.07) is 5.35. The van der Waals surface area contributed by atoms with Gasteiger partial charge in [0, 0.05) is 12.4 Å². The number of furan rings is 1. The highest BCUT2D eigenvalue weighted by molar-refractivity contribution is 7.10. The van der Waals surface area contributed by atoms with Crippen LogP contribution in [-0.2, 0) is 6.54 Å². The van der Waals surface area contributed by atoms with Crippen LogP contribution in [0, 0.1) is 11.8 Å². The van der Waals surface area contributed by atoms with E-state index in [0.29, 0.717) is 12.1 Å². The minimum absolute atomic E-state index is 0.0790. The number of aliphatic hydroxyl groups is 1. The van der Waals surface area contributed by atoms with Crippen molar-refractivity contribution < 1.29 is 14.3 Å². The predicted octanol–water partition coefficient (Wildman–Crippen LogP) is 1.96. The summed E-state index contributed by atoms with van der Waals surface area (Å²) >= 11 is 1.39. The zero-order chi connectivity index (χ0) is 13.7. The van der Waals surface area contributed by atoms with Crippen LogP contribution in [0.4, 0.5) is 0 Å². The van der Waals surface area contributed by atoms with Crippen molar-refractivity contribution in [2.75, 3.05) is 13.7 Å². The first-order chi connectivity index (χ1) is 9.20. The van der Waals surface area contributed by atoms with Gasteiger partial charge < -0.3 is 14.4 Å². The molecule has 2 rings (SSSR count). The summed E-state index contributed by atoms with van der Waals surface area (Å²) in [4.78, 5) is 14.5. The largest absolute Gasteiger partial charge is 0.467 e. The molecule has 0 aliphatic rings. The zero-order valence-corrected chi connectivity index (χ0v) is 11.2. The molecule has 4 nitrogen and oxygen atoms in total. The molecule has 5 heteroatoms. The van der Waals surface area contributed by atoms with Crippen LogP contribution < -0.4 is 0 Å². The van der Waals surface area contributed by atoms with E-state index < -0.39 is 0 Å². The summed E-state index contributed by atoms with van der Waals surface area (Å²) in [7, 11) is 1.72. The third-order valence-electron chi connectivity index (χ3n) is 2.46. The smallest absolute Gasteiger partial charge is 0.254 e. The Kier molecular flexibility index (Phi) is 4.39. The lowest BCUT2D eigenvalue weighted by Gasteiger charge is -2.14. The Morgan fingerprint density at radius 3 is 3.11 bits per heavy atom. The quantitative estimate of drug-likeness (QED) is 0.871. The summed E-state index contributed by atoms with van der Waals surface area (Å²) in [5.74, 6) is 6.00. The molecule has 0 saturated carbocycles. The van der Waals surface area contributed by atoms with Crippen LogP contribution in [0.25, 0.3) is 0 Å². The number of rotatable bonds is 3. The van der Waals surface area contributed by atoms with Gasteiger partial charge in [-0.2, -0.15) is 0 Å². The molecule has 0 radical (unpaired) electrons. The maximum absolute atomic E-state index is 12.2. The third-order valence-corrected chi connectivity index (χ3v) is 3.30. The topological polar surface area (TPSA) is 53.7 Å². The minimum atomic E-state index is -0.181. The van der Waals surface area contributed by atoms with Gasteiger partial charge >= 0.3 is 0 Å². The highest BCUT2D eigenvalue weighted by Gasteiger charge is 2.14. The van der Waals surface area contributed by atoms with Crippen molar-refractivity contribution in [3.63, 3.8) is 0 Å². The minimum Gasteiger partial charge on any atom is -0.467 e. The molecule has 0 atom stereocenters. The van der Waals surface area contributed by atoms with Crippen LogP contribution in [0.15, 0.2) is 34.3 Å². The van der Waals surface area contributed by atoms with Gasteiger partial charge in [0.05, 0.1) is 23.2 Å². The Bertz CT molecular complexity index is 604. The van der Waals surface area contributed by atoms with Crippen LogP contribution >= 0.6 is 11.3 Å². The van der Waals surface area contributed by atoms with Gasteiger partial charge in [0.15, 0.2) is 0 Å². The molecule has 2 aromatic rings. The molecule has 1 N–H and O–H groups in total. The highest BCUT2D eigenvalue weighted by atomic mass is 32.1. The number of carbonyl (C=O) groups is 1. The Morgan fingerprint density at radius 2 is 2.42 bits per heavy atom. The van der Waals surface area contributed by atoms with Crippen molar-refractivity contribution in [2.45, 2.75) is 6.54 Å². The lowest BCUT2D eigenvalue weighted by molar-refractivity contribution is 0.0776. The number of hydrogen-bond acceptors (Lipinski definition) is 4. The summed E-state index contributed by atoms with van der Waals surface area (Å²) in [6.07, 6.45) is 1.58. The van der Waals surface area contributed by atoms with Crippen LogP contribution in [0.5, 0.6) is 0 Å². The van der Waals surface area contributed by atoms with E-state index in [1.807, 2.05) is 6.07 Å². The summed E-state index contributed by atoms with van der Waals surface area (Å²) < 4.78 is 5.21. The molecule has 2 aromatic heterocycles. The van der Waals surface area contributed by atoms with E-state index in [1.54, 1.807) is 35.7 Å². The summed E-state index contributed by atoms with van der Waals surface area (Å²) in [6.45, 7) is 0.249. The van der Waals surface area contributed by atoms with E-state index in [1.165, 1.54) is 11.3 Å². The Balaban J connectivity index is 2.04. The molecule has 0 spiro atoms. The Labute approximate surface area is 115 Å². The van der Waals surface area contributed by atoms with Crippen LogP contribution in [0.1, 0.15) is 21.0 Å². The van der Waals surface area contributed by atoms with Crippen molar-refractivity contribution >= 4 is 17.2 Å². The van der Waals surface area contributed by atoms with Crippen LogP contribution in [0.3, 0.4) is 0 Å². The Hall–Kier alpha value is -2.03.